The fourth-order valence-electron chi connectivity index (χ4n) is 2.98. The zero-order valence-electron chi connectivity index (χ0n) is 15.1. The lowest BCUT2D eigenvalue weighted by atomic mass is 10.1. The topological polar surface area (TPSA) is 68.0 Å². The SMILES string of the molecule is CC(C)CNC1=[N+](Cc2ccccc2)C2C(=O)N(C)C(=O)N(C)C2=N1. The van der Waals surface area contributed by atoms with E-state index in [1.807, 2.05) is 34.9 Å². The molecule has 0 spiro atoms. The van der Waals surface area contributed by atoms with Gasteiger partial charge in [0.1, 0.15) is 0 Å². The molecule has 2 heterocycles. The molecule has 1 fully saturated rings. The van der Waals surface area contributed by atoms with Gasteiger partial charge in [-0.3, -0.25) is 19.9 Å². The fourth-order valence-corrected chi connectivity index (χ4v) is 2.98. The van der Waals surface area contributed by atoms with E-state index in [2.05, 4.69) is 24.2 Å². The van der Waals surface area contributed by atoms with Crippen molar-refractivity contribution in [1.82, 2.24) is 15.1 Å². The highest BCUT2D eigenvalue weighted by atomic mass is 16.2. The first-order chi connectivity index (χ1) is 11.9. The second-order valence-electron chi connectivity index (χ2n) is 6.82. The minimum absolute atomic E-state index is 0.251. The van der Waals surface area contributed by atoms with Crippen LogP contribution in [0.3, 0.4) is 0 Å². The summed E-state index contributed by atoms with van der Waals surface area (Å²) in [6.07, 6.45) is 0. The number of aliphatic imine (C=N–C) groups is 1. The molecule has 2 aliphatic heterocycles. The Bertz CT molecular complexity index is 754. The van der Waals surface area contributed by atoms with Crippen LogP contribution in [-0.2, 0) is 11.3 Å². The maximum atomic E-state index is 12.8. The van der Waals surface area contributed by atoms with Crippen molar-refractivity contribution >= 4 is 23.7 Å². The molecule has 3 rings (SSSR count). The van der Waals surface area contributed by atoms with E-state index >= 15 is 0 Å². The molecule has 0 saturated carbocycles. The van der Waals surface area contributed by atoms with Crippen molar-refractivity contribution in [2.75, 3.05) is 20.6 Å². The van der Waals surface area contributed by atoms with Crippen molar-refractivity contribution in [3.63, 3.8) is 0 Å². The van der Waals surface area contributed by atoms with Gasteiger partial charge in [0.05, 0.1) is 13.1 Å². The number of hydrogen-bond acceptors (Lipinski definition) is 4. The predicted molar refractivity (Wildman–Crippen MR) is 95.4 cm³/mol. The Morgan fingerprint density at radius 2 is 1.84 bits per heavy atom. The van der Waals surface area contributed by atoms with E-state index in [1.165, 1.54) is 11.9 Å². The number of urea groups is 1. The summed E-state index contributed by atoms with van der Waals surface area (Å²) in [6, 6.07) is 9.00. The van der Waals surface area contributed by atoms with Crippen LogP contribution in [-0.4, -0.2) is 64.8 Å². The summed E-state index contributed by atoms with van der Waals surface area (Å²) in [7, 11) is 3.17. The van der Waals surface area contributed by atoms with Crippen LogP contribution in [0.25, 0.3) is 0 Å². The van der Waals surface area contributed by atoms with Gasteiger partial charge < -0.3 is 0 Å². The molecule has 1 N–H and O–H groups in total. The first kappa shape index (κ1) is 17.1. The van der Waals surface area contributed by atoms with E-state index in [0.29, 0.717) is 24.3 Å². The minimum Gasteiger partial charge on any atom is -0.274 e. The van der Waals surface area contributed by atoms with Gasteiger partial charge in [0.15, 0.2) is 0 Å². The van der Waals surface area contributed by atoms with Gasteiger partial charge in [-0.05, 0) is 11.5 Å². The van der Waals surface area contributed by atoms with Crippen LogP contribution in [0, 0.1) is 5.92 Å². The molecule has 0 bridgehead atoms. The molecule has 1 unspecified atom stereocenters. The quantitative estimate of drug-likeness (QED) is 0.834. The number of likely N-dealkylation sites (N-methyl/N-ethyl adjacent to an activating group) is 2. The number of imide groups is 1. The zero-order chi connectivity index (χ0) is 18.1. The van der Waals surface area contributed by atoms with Gasteiger partial charge in [0.2, 0.25) is 11.9 Å². The second-order valence-corrected chi connectivity index (χ2v) is 6.82. The van der Waals surface area contributed by atoms with Crippen molar-refractivity contribution in [2.24, 2.45) is 10.9 Å². The summed E-state index contributed by atoms with van der Waals surface area (Å²) in [5, 5.41) is 3.32. The van der Waals surface area contributed by atoms with Crippen LogP contribution in [0.2, 0.25) is 0 Å². The Hall–Kier alpha value is -2.70. The molecule has 3 amide bonds. The van der Waals surface area contributed by atoms with Crippen molar-refractivity contribution < 1.29 is 14.2 Å². The number of fused-ring (bicyclic) bond motifs is 1. The van der Waals surface area contributed by atoms with E-state index in [0.717, 1.165) is 17.0 Å². The van der Waals surface area contributed by atoms with Gasteiger partial charge in [-0.2, -0.15) is 0 Å². The maximum Gasteiger partial charge on any atom is 0.390 e. The number of carbonyl (C=O) groups is 2. The highest BCUT2D eigenvalue weighted by molar-refractivity contribution is 6.22. The number of guanidine groups is 1. The average molecular weight is 342 g/mol. The summed E-state index contributed by atoms with van der Waals surface area (Å²) < 4.78 is 1.94. The molecule has 0 aliphatic carbocycles. The number of amidine groups is 1. The standard InChI is InChI=1S/C18H23N5O2/c1-12(2)10-19-17-20-15-14(16(24)22(4)18(25)21(15)3)23(17)11-13-8-6-5-7-9-13/h5-9,12,14H,10-11H2,1-4H3/p+1. The van der Waals surface area contributed by atoms with Gasteiger partial charge in [-0.25, -0.2) is 9.37 Å². The third kappa shape index (κ3) is 3.14. The number of benzene rings is 1. The Balaban J connectivity index is 1.98. The van der Waals surface area contributed by atoms with Crippen molar-refractivity contribution in [1.29, 1.82) is 0 Å². The number of nitrogens with one attached hydrogen (secondary N) is 1. The van der Waals surface area contributed by atoms with E-state index in [-0.39, 0.29) is 11.9 Å². The third-order valence-electron chi connectivity index (χ3n) is 4.39. The molecular weight excluding hydrogens is 318 g/mol. The van der Waals surface area contributed by atoms with Crippen molar-refractivity contribution in [3.8, 4) is 0 Å². The molecule has 1 aromatic carbocycles. The molecule has 7 heteroatoms. The van der Waals surface area contributed by atoms with Crippen LogP contribution in [0.4, 0.5) is 4.79 Å². The van der Waals surface area contributed by atoms with Crippen molar-refractivity contribution in [3.05, 3.63) is 35.9 Å². The lowest BCUT2D eigenvalue weighted by Gasteiger charge is -2.31. The van der Waals surface area contributed by atoms with Gasteiger partial charge >= 0.3 is 12.0 Å². The third-order valence-corrected chi connectivity index (χ3v) is 4.39. The highest BCUT2D eigenvalue weighted by Crippen LogP contribution is 2.20. The van der Waals surface area contributed by atoms with E-state index in [1.54, 1.807) is 7.05 Å². The van der Waals surface area contributed by atoms with Gasteiger partial charge in [-0.15, -0.1) is 0 Å². The molecule has 1 saturated heterocycles. The summed E-state index contributed by atoms with van der Waals surface area (Å²) in [6.45, 7) is 5.50. The maximum absolute atomic E-state index is 12.8. The normalized spacial score (nSPS) is 20.4. The van der Waals surface area contributed by atoms with E-state index in [4.69, 9.17) is 0 Å². The van der Waals surface area contributed by atoms with Crippen LogP contribution < -0.4 is 5.32 Å². The van der Waals surface area contributed by atoms with Gasteiger partial charge in [-0.1, -0.05) is 49.2 Å². The van der Waals surface area contributed by atoms with Gasteiger partial charge in [0.25, 0.3) is 5.91 Å². The van der Waals surface area contributed by atoms with Crippen LogP contribution in [0.5, 0.6) is 0 Å². The number of amides is 3. The van der Waals surface area contributed by atoms with Gasteiger partial charge in [0, 0.05) is 14.1 Å². The predicted octanol–water partition coefficient (Wildman–Crippen LogP) is 1.11. The number of nitrogens with zero attached hydrogens (tertiary/aromatic N) is 4. The molecule has 25 heavy (non-hydrogen) atoms. The number of rotatable bonds is 4. The summed E-state index contributed by atoms with van der Waals surface area (Å²) in [4.78, 5) is 32.2. The molecule has 2 aliphatic rings. The Morgan fingerprint density at radius 1 is 1.16 bits per heavy atom. The summed E-state index contributed by atoms with van der Waals surface area (Å²) >= 11 is 0. The summed E-state index contributed by atoms with van der Waals surface area (Å²) in [5.41, 5.74) is 1.08. The molecule has 0 aromatic heterocycles. The largest absolute Gasteiger partial charge is 0.390 e. The van der Waals surface area contributed by atoms with Crippen molar-refractivity contribution in [2.45, 2.75) is 26.4 Å². The zero-order valence-corrected chi connectivity index (χ0v) is 15.1. The number of carbonyl (C=O) groups excluding carboxylic acids is 2. The lowest BCUT2D eigenvalue weighted by molar-refractivity contribution is -0.553. The molecule has 0 radical (unpaired) electrons. The molecule has 1 atom stereocenters. The smallest absolute Gasteiger partial charge is 0.274 e. The lowest BCUT2D eigenvalue weighted by Crippen LogP contribution is -2.61. The molecular formula is C18H24N5O2+. The minimum atomic E-state index is -0.581. The second kappa shape index (κ2) is 6.66. The monoisotopic (exact) mass is 342 g/mol. The Morgan fingerprint density at radius 3 is 2.48 bits per heavy atom. The van der Waals surface area contributed by atoms with E-state index < -0.39 is 6.04 Å². The Labute approximate surface area is 147 Å². The molecule has 132 valence electrons. The highest BCUT2D eigenvalue weighted by Gasteiger charge is 2.51. The van der Waals surface area contributed by atoms with E-state index in [9.17, 15) is 9.59 Å². The van der Waals surface area contributed by atoms with Crippen LogP contribution in [0.15, 0.2) is 35.3 Å². The summed E-state index contributed by atoms with van der Waals surface area (Å²) in [5.74, 6) is 1.31. The van der Waals surface area contributed by atoms with Crippen LogP contribution in [0.1, 0.15) is 19.4 Å². The number of hydrogen-bond donors (Lipinski definition) is 1. The first-order valence-electron chi connectivity index (χ1n) is 8.45. The Kier molecular flexibility index (Phi) is 4.57. The fraction of sp³-hybridized carbons (Fsp3) is 0.444. The molecule has 1 aromatic rings. The first-order valence-corrected chi connectivity index (χ1v) is 8.45. The molecule has 7 nitrogen and oxygen atoms in total. The average Bonchev–Trinajstić information content (AvgIpc) is 2.95. The van der Waals surface area contributed by atoms with Crippen LogP contribution >= 0.6 is 0 Å².